The Kier molecular flexibility index (Phi) is 5.63. The molecule has 0 heterocycles. The molecule has 2 N–H and O–H groups in total. The molecule has 0 radical (unpaired) electrons. The molecule has 176 valence electrons. The first-order valence-electron chi connectivity index (χ1n) is 11.6. The molecule has 0 aliphatic heterocycles. The van der Waals surface area contributed by atoms with Gasteiger partial charge in [0.1, 0.15) is 6.17 Å². The molecule has 0 aromatic carbocycles. The van der Waals surface area contributed by atoms with E-state index in [1.54, 1.807) is 0 Å². The van der Waals surface area contributed by atoms with Crippen molar-refractivity contribution >= 4 is 29.1 Å². The summed E-state index contributed by atoms with van der Waals surface area (Å²) in [4.78, 5) is 36.8. The van der Waals surface area contributed by atoms with Crippen LogP contribution in [0.2, 0.25) is 0 Å². The van der Waals surface area contributed by atoms with Gasteiger partial charge < -0.3 is 10.2 Å². The van der Waals surface area contributed by atoms with Gasteiger partial charge >= 0.3 is 5.97 Å². The summed E-state index contributed by atoms with van der Waals surface area (Å²) in [5.41, 5.74) is -1.60. The number of hydrogen-bond donors (Lipinski definition) is 2. The van der Waals surface area contributed by atoms with Gasteiger partial charge in [-0.15, -0.1) is 11.6 Å². The van der Waals surface area contributed by atoms with Gasteiger partial charge in [0.05, 0.1) is 5.88 Å². The first-order chi connectivity index (χ1) is 14.9. The largest absolute Gasteiger partial charge is 0.504 e. The van der Waals surface area contributed by atoms with Gasteiger partial charge in [-0.2, -0.15) is 0 Å². The molecule has 0 unspecified atom stereocenters. The van der Waals surface area contributed by atoms with E-state index in [-0.39, 0.29) is 60.4 Å². The number of alkyl halides is 2. The van der Waals surface area contributed by atoms with Gasteiger partial charge in [0.15, 0.2) is 11.5 Å². The molecular formula is C25H32ClFO5. The number of allylic oxidation sites excluding steroid dienone is 3. The fourth-order valence-corrected chi connectivity index (χ4v) is 8.67. The van der Waals surface area contributed by atoms with E-state index in [4.69, 9.17) is 11.6 Å². The third kappa shape index (κ3) is 2.97. The number of halogens is 2. The molecule has 4 aliphatic rings. The summed E-state index contributed by atoms with van der Waals surface area (Å²) in [6.45, 7) is 6.01. The van der Waals surface area contributed by atoms with Crippen molar-refractivity contribution in [2.24, 2.45) is 39.9 Å². The molecule has 0 bridgehead atoms. The maximum Gasteiger partial charge on any atom is 0.303 e. The first-order valence-corrected chi connectivity index (χ1v) is 12.1. The molecular weight excluding hydrogens is 435 g/mol. The Labute approximate surface area is 193 Å². The second-order valence-electron chi connectivity index (χ2n) is 10.9. The van der Waals surface area contributed by atoms with Gasteiger partial charge in [0.25, 0.3) is 0 Å². The summed E-state index contributed by atoms with van der Waals surface area (Å²) in [5.74, 6) is -2.06. The minimum absolute atomic E-state index is 0.0274. The predicted octanol–water partition coefficient (Wildman–Crippen LogP) is 5.03. The molecule has 0 aromatic heterocycles. The lowest BCUT2D eigenvalue weighted by molar-refractivity contribution is -0.148. The number of ketones is 2. The van der Waals surface area contributed by atoms with E-state index in [1.165, 1.54) is 12.2 Å². The number of aliphatic carboxylic acids is 1. The topological polar surface area (TPSA) is 91.7 Å². The highest BCUT2D eigenvalue weighted by molar-refractivity contribution is 6.28. The maximum absolute atomic E-state index is 15.5. The van der Waals surface area contributed by atoms with Gasteiger partial charge in [-0.05, 0) is 78.9 Å². The molecule has 3 saturated carbocycles. The average Bonchev–Trinajstić information content (AvgIpc) is 2.95. The Balaban J connectivity index is 1.77. The summed E-state index contributed by atoms with van der Waals surface area (Å²) >= 11 is 6.07. The molecule has 7 heteroatoms. The van der Waals surface area contributed by atoms with E-state index in [1.807, 2.05) is 13.8 Å². The number of hydrogen-bond acceptors (Lipinski definition) is 4. The first kappa shape index (κ1) is 23.5. The van der Waals surface area contributed by atoms with Crippen LogP contribution in [-0.4, -0.2) is 39.8 Å². The van der Waals surface area contributed by atoms with E-state index in [0.717, 1.165) is 6.42 Å². The number of Topliss-reactive ketones (excluding diaryl/α,β-unsaturated/α-hetero) is 1. The van der Waals surface area contributed by atoms with Crippen molar-refractivity contribution in [3.63, 3.8) is 0 Å². The fraction of sp³-hybridized carbons (Fsp3) is 0.720. The second-order valence-corrected chi connectivity index (χ2v) is 11.1. The van der Waals surface area contributed by atoms with Crippen LogP contribution in [0.15, 0.2) is 23.5 Å². The van der Waals surface area contributed by atoms with Gasteiger partial charge in [0.2, 0.25) is 5.78 Å². The second kappa shape index (κ2) is 7.68. The molecule has 4 rings (SSSR count). The molecule has 0 spiro atoms. The highest BCUT2D eigenvalue weighted by Crippen LogP contribution is 2.72. The van der Waals surface area contributed by atoms with Crippen LogP contribution in [0.5, 0.6) is 0 Å². The predicted molar refractivity (Wildman–Crippen MR) is 118 cm³/mol. The highest BCUT2D eigenvalue weighted by atomic mass is 35.5. The zero-order valence-corrected chi connectivity index (χ0v) is 19.6. The molecule has 0 aromatic rings. The third-order valence-corrected chi connectivity index (χ3v) is 10.1. The normalized spacial score (nSPS) is 45.3. The van der Waals surface area contributed by atoms with Crippen LogP contribution in [-0.2, 0) is 14.4 Å². The molecule has 0 saturated heterocycles. The van der Waals surface area contributed by atoms with Crippen LogP contribution in [0.25, 0.3) is 0 Å². The van der Waals surface area contributed by atoms with Gasteiger partial charge in [-0.1, -0.05) is 20.8 Å². The van der Waals surface area contributed by atoms with E-state index >= 15 is 4.39 Å². The van der Waals surface area contributed by atoms with Crippen LogP contribution in [0.3, 0.4) is 0 Å². The van der Waals surface area contributed by atoms with Crippen LogP contribution < -0.4 is 0 Å². The number of carboxylic acid groups (broad SMARTS) is 1. The quantitative estimate of drug-likeness (QED) is 0.554. The van der Waals surface area contributed by atoms with Crippen LogP contribution in [0.1, 0.15) is 59.3 Å². The number of carbonyl (C=O) groups is 3. The summed E-state index contributed by atoms with van der Waals surface area (Å²) in [5, 5.41) is 19.6. The summed E-state index contributed by atoms with van der Waals surface area (Å²) in [7, 11) is 0. The van der Waals surface area contributed by atoms with Gasteiger partial charge in [0, 0.05) is 17.3 Å². The molecule has 3 fully saturated rings. The van der Waals surface area contributed by atoms with Crippen molar-refractivity contribution in [1.82, 2.24) is 0 Å². The van der Waals surface area contributed by atoms with E-state index in [0.29, 0.717) is 18.4 Å². The third-order valence-electron chi connectivity index (χ3n) is 9.83. The Hall–Kier alpha value is -1.69. The van der Waals surface area contributed by atoms with Crippen molar-refractivity contribution in [3.05, 3.63) is 23.5 Å². The van der Waals surface area contributed by atoms with Crippen LogP contribution >= 0.6 is 11.6 Å². The fourth-order valence-electron chi connectivity index (χ4n) is 8.43. The molecule has 5 nitrogen and oxygen atoms in total. The molecule has 4 aliphatic carbocycles. The minimum atomic E-state index is -1.29. The van der Waals surface area contributed by atoms with Crippen molar-refractivity contribution in [2.75, 3.05) is 5.88 Å². The maximum atomic E-state index is 15.5. The van der Waals surface area contributed by atoms with Gasteiger partial charge in [-0.25, -0.2) is 4.39 Å². The SMILES string of the molecule is C[C@@H]1C[C@H]2[C@@H]3C[C@H](F)C4=CC(=O)C(O)=C[C@]4(C)[C@H]3CC[C@]2(C)[C@@]1(CCC(=O)O)C(=O)CCl. The van der Waals surface area contributed by atoms with E-state index < -0.39 is 34.2 Å². The van der Waals surface area contributed by atoms with Crippen LogP contribution in [0, 0.1) is 39.9 Å². The zero-order valence-electron chi connectivity index (χ0n) is 18.9. The number of aliphatic hydroxyl groups is 1. The number of fused-ring (bicyclic) bond motifs is 5. The number of aliphatic hydroxyl groups excluding tert-OH is 1. The average molecular weight is 467 g/mol. The molecule has 0 amide bonds. The number of carboxylic acids is 1. The lowest BCUT2D eigenvalue weighted by atomic mass is 9.44. The van der Waals surface area contributed by atoms with E-state index in [2.05, 4.69) is 6.92 Å². The molecule has 32 heavy (non-hydrogen) atoms. The monoisotopic (exact) mass is 466 g/mol. The standard InChI is InChI=1S/C25H32ClFO5/c1-13-8-16-14-9-18(27)17-10-19(28)20(29)11-23(17,2)15(14)4-6-24(16,3)25(13,21(30)12-26)7-5-22(31)32/h10-11,13-16,18,29H,4-9,12H2,1-3H3,(H,31,32)/t13-,14-,15+,16+,18+,23-,24+,25-/m1/s1. The Bertz CT molecular complexity index is 927. The van der Waals surface area contributed by atoms with E-state index in [9.17, 15) is 24.6 Å². The number of carbonyl (C=O) groups excluding carboxylic acids is 2. The number of rotatable bonds is 5. The summed E-state index contributed by atoms with van der Waals surface area (Å²) < 4.78 is 15.5. The minimum Gasteiger partial charge on any atom is -0.504 e. The Morgan fingerprint density at radius 2 is 1.94 bits per heavy atom. The van der Waals surface area contributed by atoms with Crippen molar-refractivity contribution in [3.8, 4) is 0 Å². The zero-order chi connectivity index (χ0) is 23.6. The smallest absolute Gasteiger partial charge is 0.303 e. The lowest BCUT2D eigenvalue weighted by Gasteiger charge is -2.59. The molecule has 8 atom stereocenters. The lowest BCUT2D eigenvalue weighted by Crippen LogP contribution is -2.56. The van der Waals surface area contributed by atoms with Crippen LogP contribution in [0.4, 0.5) is 4.39 Å². The van der Waals surface area contributed by atoms with Crippen molar-refractivity contribution in [2.45, 2.75) is 65.5 Å². The Morgan fingerprint density at radius 3 is 2.56 bits per heavy atom. The Morgan fingerprint density at radius 1 is 1.25 bits per heavy atom. The highest BCUT2D eigenvalue weighted by Gasteiger charge is 2.69. The van der Waals surface area contributed by atoms with Crippen molar-refractivity contribution < 1.29 is 29.0 Å². The summed E-state index contributed by atoms with van der Waals surface area (Å²) in [6, 6.07) is 0. The summed E-state index contributed by atoms with van der Waals surface area (Å²) in [6.07, 6.45) is 4.09. The van der Waals surface area contributed by atoms with Crippen molar-refractivity contribution in [1.29, 1.82) is 0 Å². The van der Waals surface area contributed by atoms with Gasteiger partial charge in [-0.3, -0.25) is 14.4 Å².